The number of hydrogen-bond donors (Lipinski definition) is 0. The molecule has 0 radical (unpaired) electrons. The Morgan fingerprint density at radius 1 is 1.29 bits per heavy atom. The summed E-state index contributed by atoms with van der Waals surface area (Å²) in [6, 6.07) is 3.54. The maximum atomic E-state index is 12.8. The van der Waals surface area contributed by atoms with Crippen LogP contribution in [-0.2, 0) is 6.18 Å². The second-order valence-corrected chi connectivity index (χ2v) is 4.04. The van der Waals surface area contributed by atoms with Crippen molar-refractivity contribution in [2.45, 2.75) is 6.18 Å². The first kappa shape index (κ1) is 15.0. The number of ether oxygens (including phenoxy) is 1. The van der Waals surface area contributed by atoms with E-state index in [0.717, 1.165) is 6.07 Å². The number of nitro groups is 1. The van der Waals surface area contributed by atoms with E-state index in [4.69, 9.17) is 16.3 Å². The van der Waals surface area contributed by atoms with Crippen LogP contribution in [0.3, 0.4) is 0 Å². The third-order valence-electron chi connectivity index (χ3n) is 2.29. The number of aromatic nitrogens is 2. The van der Waals surface area contributed by atoms with Crippen LogP contribution >= 0.6 is 11.6 Å². The lowest BCUT2D eigenvalue weighted by Crippen LogP contribution is -2.09. The summed E-state index contributed by atoms with van der Waals surface area (Å²) in [7, 11) is 0. The zero-order valence-corrected chi connectivity index (χ0v) is 10.7. The third kappa shape index (κ3) is 3.57. The van der Waals surface area contributed by atoms with Gasteiger partial charge in [-0.3, -0.25) is 10.1 Å². The molecule has 0 unspecified atom stereocenters. The van der Waals surface area contributed by atoms with E-state index in [1.54, 1.807) is 0 Å². The lowest BCUT2D eigenvalue weighted by molar-refractivity contribution is -0.388. The van der Waals surface area contributed by atoms with Gasteiger partial charge in [0, 0.05) is 24.4 Å². The molecule has 0 aliphatic rings. The van der Waals surface area contributed by atoms with E-state index in [9.17, 15) is 23.3 Å². The average Bonchev–Trinajstić information content (AvgIpc) is 2.37. The van der Waals surface area contributed by atoms with Crippen molar-refractivity contribution >= 4 is 17.3 Å². The molecule has 0 aliphatic carbocycles. The molecule has 21 heavy (non-hydrogen) atoms. The molecule has 2 aromatic rings. The first-order valence-corrected chi connectivity index (χ1v) is 5.67. The maximum Gasteiger partial charge on any atom is 0.423 e. The van der Waals surface area contributed by atoms with Crippen molar-refractivity contribution in [2.75, 3.05) is 0 Å². The molecule has 0 spiro atoms. The van der Waals surface area contributed by atoms with Gasteiger partial charge in [0.15, 0.2) is 0 Å². The summed E-state index contributed by atoms with van der Waals surface area (Å²) in [5.74, 6) is -0.348. The normalized spacial score (nSPS) is 11.2. The van der Waals surface area contributed by atoms with Gasteiger partial charge in [-0.15, -0.1) is 0 Å². The predicted molar refractivity (Wildman–Crippen MR) is 65.2 cm³/mol. The molecule has 0 N–H and O–H groups in total. The van der Waals surface area contributed by atoms with Crippen LogP contribution in [0.4, 0.5) is 18.9 Å². The van der Waals surface area contributed by atoms with Gasteiger partial charge in [-0.05, 0) is 17.7 Å². The largest absolute Gasteiger partial charge is 0.439 e. The fourth-order valence-corrected chi connectivity index (χ4v) is 1.60. The molecule has 10 heteroatoms. The highest BCUT2D eigenvalue weighted by atomic mass is 35.5. The lowest BCUT2D eigenvalue weighted by atomic mass is 10.1. The van der Waals surface area contributed by atoms with Gasteiger partial charge in [-0.25, -0.2) is 4.98 Å². The van der Waals surface area contributed by atoms with Gasteiger partial charge < -0.3 is 4.74 Å². The lowest BCUT2D eigenvalue weighted by Gasteiger charge is -2.10. The molecule has 6 nitrogen and oxygen atoms in total. The Balaban J connectivity index is 2.40. The minimum atomic E-state index is -4.88. The summed E-state index contributed by atoms with van der Waals surface area (Å²) < 4.78 is 43.4. The van der Waals surface area contributed by atoms with Crippen molar-refractivity contribution in [3.63, 3.8) is 0 Å². The van der Waals surface area contributed by atoms with Gasteiger partial charge in [0.05, 0.1) is 4.92 Å². The topological polar surface area (TPSA) is 78.2 Å². The van der Waals surface area contributed by atoms with Gasteiger partial charge in [0.25, 0.3) is 5.69 Å². The van der Waals surface area contributed by atoms with Crippen LogP contribution < -0.4 is 4.74 Å². The Morgan fingerprint density at radius 2 is 2.00 bits per heavy atom. The number of alkyl halides is 3. The summed E-state index contributed by atoms with van der Waals surface area (Å²) >= 11 is 5.51. The smallest absolute Gasteiger partial charge is 0.423 e. The number of nitrogens with zero attached hydrogens (tertiary/aromatic N) is 3. The van der Waals surface area contributed by atoms with Crippen LogP contribution in [0.25, 0.3) is 0 Å². The van der Waals surface area contributed by atoms with E-state index in [0.29, 0.717) is 12.1 Å². The number of halogens is 4. The molecule has 0 aliphatic heterocycles. The zero-order valence-electron chi connectivity index (χ0n) is 9.96. The summed E-state index contributed by atoms with van der Waals surface area (Å²) in [5, 5.41) is 10.5. The molecular weight excluding hydrogens is 315 g/mol. The van der Waals surface area contributed by atoms with Crippen LogP contribution in [0.5, 0.6) is 11.6 Å². The Kier molecular flexibility index (Phi) is 3.94. The van der Waals surface area contributed by atoms with Gasteiger partial charge in [0.2, 0.25) is 11.2 Å². The second-order valence-electron chi connectivity index (χ2n) is 3.70. The standard InChI is InChI=1S/C11H5ClF3N3O3/c12-10-16-4-3-9(17-10)21-6-1-2-8(18(19)20)7(5-6)11(13,14)15/h1-5H. The molecule has 2 rings (SSSR count). The van der Waals surface area contributed by atoms with E-state index in [-0.39, 0.29) is 16.9 Å². The Bertz CT molecular complexity index is 694. The fraction of sp³-hybridized carbons (Fsp3) is 0.0909. The van der Waals surface area contributed by atoms with Crippen molar-refractivity contribution in [1.29, 1.82) is 0 Å². The Labute approximate surface area is 120 Å². The molecule has 110 valence electrons. The molecule has 1 heterocycles. The molecule has 1 aromatic carbocycles. The molecule has 0 saturated carbocycles. The molecule has 0 saturated heterocycles. The van der Waals surface area contributed by atoms with E-state index in [2.05, 4.69) is 9.97 Å². The number of nitro benzene ring substituents is 1. The minimum Gasteiger partial charge on any atom is -0.439 e. The average molecular weight is 320 g/mol. The predicted octanol–water partition coefficient (Wildman–Crippen LogP) is 3.85. The first-order valence-electron chi connectivity index (χ1n) is 5.29. The van der Waals surface area contributed by atoms with Gasteiger partial charge in [-0.1, -0.05) is 0 Å². The molecule has 1 aromatic heterocycles. The molecule has 0 amide bonds. The van der Waals surface area contributed by atoms with Crippen molar-refractivity contribution in [3.05, 3.63) is 51.4 Å². The quantitative estimate of drug-likeness (QED) is 0.488. The monoisotopic (exact) mass is 319 g/mol. The third-order valence-corrected chi connectivity index (χ3v) is 2.48. The molecule has 0 bridgehead atoms. The summed E-state index contributed by atoms with van der Waals surface area (Å²) in [6.07, 6.45) is -3.63. The van der Waals surface area contributed by atoms with E-state index in [1.807, 2.05) is 0 Å². The highest BCUT2D eigenvalue weighted by Gasteiger charge is 2.38. The molecule has 0 fully saturated rings. The number of hydrogen-bond acceptors (Lipinski definition) is 5. The van der Waals surface area contributed by atoms with Gasteiger partial charge in [0.1, 0.15) is 11.3 Å². The van der Waals surface area contributed by atoms with Crippen molar-refractivity contribution in [3.8, 4) is 11.6 Å². The highest BCUT2D eigenvalue weighted by Crippen LogP contribution is 2.38. The summed E-state index contributed by atoms with van der Waals surface area (Å²) in [5.41, 5.74) is -2.47. The summed E-state index contributed by atoms with van der Waals surface area (Å²) in [6.45, 7) is 0. The van der Waals surface area contributed by atoms with Crippen LogP contribution in [-0.4, -0.2) is 14.9 Å². The second kappa shape index (κ2) is 5.52. The minimum absolute atomic E-state index is 0.0861. The van der Waals surface area contributed by atoms with Crippen molar-refractivity contribution in [1.82, 2.24) is 9.97 Å². The maximum absolute atomic E-state index is 12.8. The Hall–Kier alpha value is -2.42. The zero-order chi connectivity index (χ0) is 15.6. The Morgan fingerprint density at radius 3 is 2.57 bits per heavy atom. The van der Waals surface area contributed by atoms with Crippen molar-refractivity contribution < 1.29 is 22.8 Å². The van der Waals surface area contributed by atoms with Gasteiger partial charge in [-0.2, -0.15) is 18.2 Å². The van der Waals surface area contributed by atoms with E-state index >= 15 is 0 Å². The van der Waals surface area contributed by atoms with Crippen molar-refractivity contribution in [2.24, 2.45) is 0 Å². The van der Waals surface area contributed by atoms with E-state index < -0.39 is 22.4 Å². The summed E-state index contributed by atoms with van der Waals surface area (Å²) in [4.78, 5) is 16.7. The van der Waals surface area contributed by atoms with Gasteiger partial charge >= 0.3 is 6.18 Å². The van der Waals surface area contributed by atoms with Crippen LogP contribution in [0.15, 0.2) is 30.5 Å². The van der Waals surface area contributed by atoms with E-state index in [1.165, 1.54) is 12.3 Å². The fourth-order valence-electron chi connectivity index (χ4n) is 1.46. The molecule has 0 atom stereocenters. The SMILES string of the molecule is O=[N+]([O-])c1ccc(Oc2ccnc(Cl)n2)cc1C(F)(F)F. The van der Waals surface area contributed by atoms with Crippen LogP contribution in [0.1, 0.15) is 5.56 Å². The van der Waals surface area contributed by atoms with Crippen LogP contribution in [0, 0.1) is 10.1 Å². The number of benzene rings is 1. The molecular formula is C11H5ClF3N3O3. The highest BCUT2D eigenvalue weighted by molar-refractivity contribution is 6.28. The first-order chi connectivity index (χ1) is 9.77. The van der Waals surface area contributed by atoms with Crippen LogP contribution in [0.2, 0.25) is 5.28 Å². The number of rotatable bonds is 3.